The summed E-state index contributed by atoms with van der Waals surface area (Å²) in [6, 6.07) is 2.17. The van der Waals surface area contributed by atoms with Crippen molar-refractivity contribution in [3.8, 4) is 5.75 Å². The molecule has 0 saturated carbocycles. The molecule has 1 amide bonds. The molecule has 0 spiro atoms. The number of rotatable bonds is 4. The quantitative estimate of drug-likeness (QED) is 0.881. The van der Waals surface area contributed by atoms with Gasteiger partial charge in [-0.2, -0.15) is 0 Å². The highest BCUT2D eigenvalue weighted by molar-refractivity contribution is 6.03. The molecular formula is C16H19F2N5O2. The first-order valence-electron chi connectivity index (χ1n) is 7.98. The van der Waals surface area contributed by atoms with E-state index in [-0.39, 0.29) is 17.4 Å². The number of hydrogen-bond acceptors (Lipinski definition) is 5. The molecule has 2 aromatic rings. The predicted molar refractivity (Wildman–Crippen MR) is 86.8 cm³/mol. The first kappa shape index (κ1) is 17.3. The van der Waals surface area contributed by atoms with Crippen molar-refractivity contribution < 1.29 is 18.3 Å². The number of methoxy groups -OCH3 is 1. The van der Waals surface area contributed by atoms with E-state index in [1.807, 2.05) is 0 Å². The van der Waals surface area contributed by atoms with E-state index < -0.39 is 23.3 Å². The Labute approximate surface area is 143 Å². The second kappa shape index (κ2) is 7.14. The fourth-order valence-electron chi connectivity index (χ4n) is 2.97. The van der Waals surface area contributed by atoms with E-state index in [0.29, 0.717) is 5.69 Å². The van der Waals surface area contributed by atoms with Crippen LogP contribution in [-0.2, 0) is 0 Å². The summed E-state index contributed by atoms with van der Waals surface area (Å²) in [7, 11) is 1.17. The Morgan fingerprint density at radius 3 is 2.56 bits per heavy atom. The second-order valence-corrected chi connectivity index (χ2v) is 5.88. The van der Waals surface area contributed by atoms with Crippen molar-refractivity contribution in [2.24, 2.45) is 0 Å². The van der Waals surface area contributed by atoms with Crippen LogP contribution in [0.2, 0.25) is 0 Å². The van der Waals surface area contributed by atoms with E-state index >= 15 is 0 Å². The molecule has 1 aromatic heterocycles. The number of nitrogens with one attached hydrogen (secondary N) is 2. The van der Waals surface area contributed by atoms with Gasteiger partial charge in [-0.05, 0) is 32.9 Å². The lowest BCUT2D eigenvalue weighted by atomic mass is 10.1. The summed E-state index contributed by atoms with van der Waals surface area (Å²) in [6.07, 6.45) is 1.81. The number of aromatic nitrogens is 3. The maximum Gasteiger partial charge on any atom is 0.278 e. The van der Waals surface area contributed by atoms with E-state index in [0.717, 1.165) is 38.1 Å². The standard InChI is InChI=1S/C16H19F2N5O2/c1-9-14(21-22-23(9)11-3-5-19-6-4-11)16(24)20-10-7-12(17)15(25-2)13(18)8-10/h7-8,11,19H,3-6H2,1-2H3,(H,20,24). The molecule has 3 rings (SSSR count). The lowest BCUT2D eigenvalue weighted by Crippen LogP contribution is -2.30. The molecule has 0 unspecified atom stereocenters. The maximum atomic E-state index is 13.7. The molecule has 1 aliphatic rings. The van der Waals surface area contributed by atoms with Gasteiger partial charge < -0.3 is 15.4 Å². The van der Waals surface area contributed by atoms with Crippen LogP contribution in [0.1, 0.15) is 35.1 Å². The highest BCUT2D eigenvalue weighted by atomic mass is 19.1. The first-order valence-corrected chi connectivity index (χ1v) is 7.98. The minimum Gasteiger partial charge on any atom is -0.491 e. The van der Waals surface area contributed by atoms with Crippen molar-refractivity contribution in [3.05, 3.63) is 35.2 Å². The molecule has 1 aliphatic heterocycles. The van der Waals surface area contributed by atoms with Gasteiger partial charge in [0.2, 0.25) is 0 Å². The zero-order valence-electron chi connectivity index (χ0n) is 14.0. The number of carbonyl (C=O) groups excluding carboxylic acids is 1. The summed E-state index contributed by atoms with van der Waals surface area (Å²) in [6.45, 7) is 3.53. The molecule has 2 N–H and O–H groups in total. The van der Waals surface area contributed by atoms with Gasteiger partial charge in [0.05, 0.1) is 18.8 Å². The molecule has 2 heterocycles. The largest absolute Gasteiger partial charge is 0.491 e. The van der Waals surface area contributed by atoms with Gasteiger partial charge in [-0.3, -0.25) is 4.79 Å². The summed E-state index contributed by atoms with van der Waals surface area (Å²) in [5, 5.41) is 13.7. The van der Waals surface area contributed by atoms with Gasteiger partial charge in [0, 0.05) is 17.8 Å². The summed E-state index contributed by atoms with van der Waals surface area (Å²) >= 11 is 0. The molecular weight excluding hydrogens is 332 g/mol. The lowest BCUT2D eigenvalue weighted by molar-refractivity contribution is 0.102. The number of benzene rings is 1. The SMILES string of the molecule is COc1c(F)cc(NC(=O)c2nnn(C3CCNCC3)c2C)cc1F. The van der Waals surface area contributed by atoms with Crippen molar-refractivity contribution in [2.75, 3.05) is 25.5 Å². The number of nitrogens with zero attached hydrogens (tertiary/aromatic N) is 3. The Balaban J connectivity index is 1.79. The third-order valence-electron chi connectivity index (χ3n) is 4.26. The highest BCUT2D eigenvalue weighted by Gasteiger charge is 2.23. The molecule has 134 valence electrons. The van der Waals surface area contributed by atoms with Gasteiger partial charge in [-0.15, -0.1) is 5.10 Å². The Morgan fingerprint density at radius 1 is 1.32 bits per heavy atom. The molecule has 9 heteroatoms. The fourth-order valence-corrected chi connectivity index (χ4v) is 2.97. The average Bonchev–Trinajstić information content (AvgIpc) is 2.97. The van der Waals surface area contributed by atoms with Crippen molar-refractivity contribution in [3.63, 3.8) is 0 Å². The maximum absolute atomic E-state index is 13.7. The summed E-state index contributed by atoms with van der Waals surface area (Å²) in [5.41, 5.74) is 0.741. The normalized spacial score (nSPS) is 15.2. The monoisotopic (exact) mass is 351 g/mol. The zero-order chi connectivity index (χ0) is 18.0. The molecule has 0 radical (unpaired) electrons. The Hall–Kier alpha value is -2.55. The Bertz CT molecular complexity index is 764. The minimum absolute atomic E-state index is 0.0170. The number of hydrogen-bond donors (Lipinski definition) is 2. The van der Waals surface area contributed by atoms with Crippen LogP contribution in [-0.4, -0.2) is 41.1 Å². The van der Waals surface area contributed by atoms with Crippen LogP contribution < -0.4 is 15.4 Å². The first-order chi connectivity index (χ1) is 12.0. The molecule has 0 aliphatic carbocycles. The molecule has 1 saturated heterocycles. The Morgan fingerprint density at radius 2 is 1.96 bits per heavy atom. The zero-order valence-corrected chi connectivity index (χ0v) is 14.0. The van der Waals surface area contributed by atoms with E-state index in [9.17, 15) is 13.6 Å². The molecule has 1 fully saturated rings. The lowest BCUT2D eigenvalue weighted by Gasteiger charge is -2.23. The van der Waals surface area contributed by atoms with Crippen LogP contribution in [0, 0.1) is 18.6 Å². The number of ether oxygens (including phenoxy) is 1. The van der Waals surface area contributed by atoms with E-state index in [2.05, 4.69) is 25.7 Å². The van der Waals surface area contributed by atoms with Crippen LogP contribution >= 0.6 is 0 Å². The second-order valence-electron chi connectivity index (χ2n) is 5.88. The molecule has 0 atom stereocenters. The van der Waals surface area contributed by atoms with Crippen LogP contribution in [0.25, 0.3) is 0 Å². The smallest absolute Gasteiger partial charge is 0.278 e. The van der Waals surface area contributed by atoms with Gasteiger partial charge in [-0.25, -0.2) is 13.5 Å². The van der Waals surface area contributed by atoms with Crippen molar-refractivity contribution in [1.82, 2.24) is 20.3 Å². The summed E-state index contributed by atoms with van der Waals surface area (Å²) < 4.78 is 33.8. The van der Waals surface area contributed by atoms with Crippen molar-refractivity contribution in [2.45, 2.75) is 25.8 Å². The van der Waals surface area contributed by atoms with Crippen molar-refractivity contribution in [1.29, 1.82) is 0 Å². The minimum atomic E-state index is -0.895. The van der Waals surface area contributed by atoms with Crippen LogP contribution in [0.5, 0.6) is 5.75 Å². The topological polar surface area (TPSA) is 81.1 Å². The number of piperidine rings is 1. The van der Waals surface area contributed by atoms with Crippen molar-refractivity contribution >= 4 is 11.6 Å². The number of carbonyl (C=O) groups is 1. The van der Waals surface area contributed by atoms with Gasteiger partial charge >= 0.3 is 0 Å². The van der Waals surface area contributed by atoms with Crippen LogP contribution in [0.15, 0.2) is 12.1 Å². The van der Waals surface area contributed by atoms with Crippen LogP contribution in [0.4, 0.5) is 14.5 Å². The third kappa shape index (κ3) is 3.46. The molecule has 1 aromatic carbocycles. The van der Waals surface area contributed by atoms with Gasteiger partial charge in [0.1, 0.15) is 0 Å². The van der Waals surface area contributed by atoms with Gasteiger partial charge in [-0.1, -0.05) is 5.21 Å². The van der Waals surface area contributed by atoms with Crippen LogP contribution in [0.3, 0.4) is 0 Å². The highest BCUT2D eigenvalue weighted by Crippen LogP contribution is 2.26. The number of amides is 1. The summed E-state index contributed by atoms with van der Waals surface area (Å²) in [4.78, 5) is 12.4. The van der Waals surface area contributed by atoms with E-state index in [1.54, 1.807) is 11.6 Å². The molecule has 25 heavy (non-hydrogen) atoms. The predicted octanol–water partition coefficient (Wildman–Crippen LogP) is 2.05. The van der Waals surface area contributed by atoms with Gasteiger partial charge in [0.15, 0.2) is 23.1 Å². The molecule has 0 bridgehead atoms. The fraction of sp³-hybridized carbons (Fsp3) is 0.438. The molecule has 7 nitrogen and oxygen atoms in total. The van der Waals surface area contributed by atoms with E-state index in [4.69, 9.17) is 0 Å². The number of halogens is 2. The average molecular weight is 351 g/mol. The number of anilines is 1. The van der Waals surface area contributed by atoms with E-state index in [1.165, 1.54) is 7.11 Å². The van der Waals surface area contributed by atoms with Gasteiger partial charge in [0.25, 0.3) is 5.91 Å². The Kier molecular flexibility index (Phi) is 4.93. The summed E-state index contributed by atoms with van der Waals surface area (Å²) in [5.74, 6) is -2.85. The third-order valence-corrected chi connectivity index (χ3v) is 4.26.